The number of fused-ring (bicyclic) bond motifs is 2. The molecular weight excluding hydrogens is 378 g/mol. The number of ether oxygens (including phenoxy) is 1. The number of amides is 1. The lowest BCUT2D eigenvalue weighted by Crippen LogP contribution is -2.30. The number of para-hydroxylation sites is 1. The fraction of sp³-hybridized carbons (Fsp3) is 0.250. The number of carbonyl (C=O) groups is 2. The molecule has 1 atom stereocenters. The van der Waals surface area contributed by atoms with Gasteiger partial charge in [-0.1, -0.05) is 18.2 Å². The first-order valence-corrected chi connectivity index (χ1v) is 9.99. The average Bonchev–Trinajstić information content (AvgIpc) is 2.77. The highest BCUT2D eigenvalue weighted by atomic mass is 16.5. The maximum atomic E-state index is 13.1. The van der Waals surface area contributed by atoms with E-state index < -0.39 is 18.0 Å². The minimum absolute atomic E-state index is 0.430. The molecule has 4 rings (SSSR count). The smallest absolute Gasteiger partial charge is 0.339 e. The summed E-state index contributed by atoms with van der Waals surface area (Å²) in [5, 5.41) is 12.3. The van der Waals surface area contributed by atoms with Gasteiger partial charge in [-0.15, -0.1) is 0 Å². The highest BCUT2D eigenvalue weighted by Crippen LogP contribution is 2.30. The van der Waals surface area contributed by atoms with E-state index in [4.69, 9.17) is 15.0 Å². The van der Waals surface area contributed by atoms with E-state index in [1.807, 2.05) is 30.3 Å². The molecule has 6 heteroatoms. The maximum Gasteiger partial charge on any atom is 0.339 e. The topological polar surface area (TPSA) is 92.1 Å². The molecule has 30 heavy (non-hydrogen) atoms. The van der Waals surface area contributed by atoms with Crippen molar-refractivity contribution in [3.05, 3.63) is 70.9 Å². The molecule has 150 valence electrons. The lowest BCUT2D eigenvalue weighted by Gasteiger charge is -2.21. The Hall–Kier alpha value is -3.72. The summed E-state index contributed by atoms with van der Waals surface area (Å²) in [6.07, 6.45) is 2.70. The van der Waals surface area contributed by atoms with Crippen molar-refractivity contribution >= 4 is 28.5 Å². The van der Waals surface area contributed by atoms with Gasteiger partial charge in [-0.25, -0.2) is 4.79 Å². The standard InChI is InChI=1S/C24H21N3O3/c1-15(23(28)26-17-12-10-16(14-25)11-13-17)30-24(29)22-18-6-2-4-8-20(18)27-21-9-5-3-7-19(21)22/h2,4,6,8,10-13,15H,3,5,7,9H2,1H3,(H,26,28)/t15-/m0/s1. The second kappa shape index (κ2) is 8.34. The van der Waals surface area contributed by atoms with E-state index in [2.05, 4.69) is 5.32 Å². The van der Waals surface area contributed by atoms with Crippen LogP contribution in [0.1, 0.15) is 46.9 Å². The largest absolute Gasteiger partial charge is 0.449 e. The number of nitriles is 1. The molecule has 0 unspecified atom stereocenters. The summed E-state index contributed by atoms with van der Waals surface area (Å²) in [5.74, 6) is -0.936. The van der Waals surface area contributed by atoms with Crippen LogP contribution in [-0.2, 0) is 22.4 Å². The van der Waals surface area contributed by atoms with Crippen molar-refractivity contribution in [3.8, 4) is 6.07 Å². The Labute approximate surface area is 174 Å². The first kappa shape index (κ1) is 19.6. The third-order valence-corrected chi connectivity index (χ3v) is 5.31. The fourth-order valence-electron chi connectivity index (χ4n) is 3.75. The van der Waals surface area contributed by atoms with Gasteiger partial charge in [0.2, 0.25) is 0 Å². The molecule has 0 saturated carbocycles. The zero-order valence-electron chi connectivity index (χ0n) is 16.6. The fourth-order valence-corrected chi connectivity index (χ4v) is 3.75. The summed E-state index contributed by atoms with van der Waals surface area (Å²) in [6, 6.07) is 16.1. The van der Waals surface area contributed by atoms with Crippen LogP contribution >= 0.6 is 0 Å². The highest BCUT2D eigenvalue weighted by molar-refractivity contribution is 6.06. The van der Waals surface area contributed by atoms with Crippen LogP contribution in [0.15, 0.2) is 48.5 Å². The zero-order valence-corrected chi connectivity index (χ0v) is 16.6. The van der Waals surface area contributed by atoms with Crippen molar-refractivity contribution in [2.75, 3.05) is 5.32 Å². The van der Waals surface area contributed by atoms with Crippen molar-refractivity contribution in [2.45, 2.75) is 38.7 Å². The molecule has 3 aromatic rings. The molecule has 1 heterocycles. The number of esters is 1. The quantitative estimate of drug-likeness (QED) is 0.665. The second-order valence-corrected chi connectivity index (χ2v) is 7.36. The van der Waals surface area contributed by atoms with Crippen LogP contribution in [0.4, 0.5) is 5.69 Å². The summed E-state index contributed by atoms with van der Waals surface area (Å²) < 4.78 is 5.56. The molecule has 0 radical (unpaired) electrons. The predicted octanol–water partition coefficient (Wildman–Crippen LogP) is 4.17. The summed E-state index contributed by atoms with van der Waals surface area (Å²) >= 11 is 0. The molecule has 6 nitrogen and oxygen atoms in total. The molecule has 1 N–H and O–H groups in total. The number of pyridine rings is 1. The Balaban J connectivity index is 1.56. The molecule has 0 spiro atoms. The molecule has 0 aliphatic heterocycles. The molecule has 2 aromatic carbocycles. The summed E-state index contributed by atoms with van der Waals surface area (Å²) in [5.41, 5.74) is 4.20. The third-order valence-electron chi connectivity index (χ3n) is 5.31. The average molecular weight is 399 g/mol. The minimum Gasteiger partial charge on any atom is -0.449 e. The van der Waals surface area contributed by atoms with Gasteiger partial charge in [-0.2, -0.15) is 5.26 Å². The van der Waals surface area contributed by atoms with E-state index in [-0.39, 0.29) is 0 Å². The van der Waals surface area contributed by atoms with E-state index in [1.54, 1.807) is 31.2 Å². The van der Waals surface area contributed by atoms with Crippen LogP contribution in [0.5, 0.6) is 0 Å². The number of nitrogens with zero attached hydrogens (tertiary/aromatic N) is 2. The van der Waals surface area contributed by atoms with Gasteiger partial charge in [0.1, 0.15) is 0 Å². The Kier molecular flexibility index (Phi) is 5.44. The number of rotatable bonds is 4. The maximum absolute atomic E-state index is 13.1. The summed E-state index contributed by atoms with van der Waals surface area (Å²) in [7, 11) is 0. The Morgan fingerprint density at radius 3 is 2.60 bits per heavy atom. The van der Waals surface area contributed by atoms with Gasteiger partial charge in [0.05, 0.1) is 22.7 Å². The van der Waals surface area contributed by atoms with E-state index in [0.29, 0.717) is 16.8 Å². The van der Waals surface area contributed by atoms with Crippen molar-refractivity contribution in [2.24, 2.45) is 0 Å². The SMILES string of the molecule is C[C@H](OC(=O)c1c2c(nc3ccccc13)CCCC2)C(=O)Nc1ccc(C#N)cc1. The number of hydrogen-bond acceptors (Lipinski definition) is 5. The van der Waals surface area contributed by atoms with Crippen LogP contribution in [0.25, 0.3) is 10.9 Å². The predicted molar refractivity (Wildman–Crippen MR) is 113 cm³/mol. The molecular formula is C24H21N3O3. The van der Waals surface area contributed by atoms with Gasteiger partial charge < -0.3 is 10.1 Å². The number of anilines is 1. The van der Waals surface area contributed by atoms with Gasteiger partial charge in [-0.3, -0.25) is 9.78 Å². The zero-order chi connectivity index (χ0) is 21.1. The monoisotopic (exact) mass is 399 g/mol. The van der Waals surface area contributed by atoms with Gasteiger partial charge >= 0.3 is 5.97 Å². The molecule has 1 aliphatic carbocycles. The first-order chi connectivity index (χ1) is 14.6. The highest BCUT2D eigenvalue weighted by Gasteiger charge is 2.26. The number of hydrogen-bond donors (Lipinski definition) is 1. The van der Waals surface area contributed by atoms with Gasteiger partial charge in [0, 0.05) is 16.8 Å². The summed E-state index contributed by atoms with van der Waals surface area (Å²) in [4.78, 5) is 30.4. The van der Waals surface area contributed by atoms with E-state index in [1.165, 1.54) is 0 Å². The third kappa shape index (κ3) is 3.87. The van der Waals surface area contributed by atoms with Crippen molar-refractivity contribution < 1.29 is 14.3 Å². The lowest BCUT2D eigenvalue weighted by atomic mass is 9.90. The van der Waals surface area contributed by atoms with Gasteiger partial charge in [-0.05, 0) is 68.5 Å². The summed E-state index contributed by atoms with van der Waals surface area (Å²) in [6.45, 7) is 1.55. The Morgan fingerprint density at radius 1 is 1.10 bits per heavy atom. The number of aromatic nitrogens is 1. The Bertz CT molecular complexity index is 1160. The molecule has 1 amide bonds. The van der Waals surface area contributed by atoms with E-state index in [9.17, 15) is 9.59 Å². The molecule has 0 bridgehead atoms. The van der Waals surface area contributed by atoms with Crippen LogP contribution in [0.3, 0.4) is 0 Å². The minimum atomic E-state index is -0.973. The molecule has 0 saturated heterocycles. The van der Waals surface area contributed by atoms with Crippen LogP contribution in [0.2, 0.25) is 0 Å². The first-order valence-electron chi connectivity index (χ1n) is 9.99. The number of benzene rings is 2. The van der Waals surface area contributed by atoms with Crippen LogP contribution in [-0.4, -0.2) is 23.0 Å². The van der Waals surface area contributed by atoms with Crippen molar-refractivity contribution in [3.63, 3.8) is 0 Å². The number of aryl methyl sites for hydroxylation is 1. The number of nitrogens with one attached hydrogen (secondary N) is 1. The van der Waals surface area contributed by atoms with E-state index in [0.717, 1.165) is 47.8 Å². The molecule has 1 aliphatic rings. The Morgan fingerprint density at radius 2 is 1.83 bits per heavy atom. The van der Waals surface area contributed by atoms with Crippen molar-refractivity contribution in [1.82, 2.24) is 4.98 Å². The number of carbonyl (C=O) groups excluding carboxylic acids is 2. The molecule has 0 fully saturated rings. The second-order valence-electron chi connectivity index (χ2n) is 7.36. The van der Waals surface area contributed by atoms with Crippen LogP contribution < -0.4 is 5.32 Å². The van der Waals surface area contributed by atoms with Gasteiger partial charge in [0.15, 0.2) is 6.10 Å². The normalized spacial score (nSPS) is 13.7. The van der Waals surface area contributed by atoms with Crippen molar-refractivity contribution in [1.29, 1.82) is 5.26 Å². The van der Waals surface area contributed by atoms with E-state index >= 15 is 0 Å². The molecule has 1 aromatic heterocycles. The lowest BCUT2D eigenvalue weighted by molar-refractivity contribution is -0.123. The van der Waals surface area contributed by atoms with Crippen LogP contribution in [0, 0.1) is 11.3 Å². The van der Waals surface area contributed by atoms with Gasteiger partial charge in [0.25, 0.3) is 5.91 Å².